The molecular weight excluding hydrogens is 461 g/mol. The summed E-state index contributed by atoms with van der Waals surface area (Å²) in [5, 5.41) is 6.64. The number of fused-ring (bicyclic) bond motifs is 1. The summed E-state index contributed by atoms with van der Waals surface area (Å²) in [4.78, 5) is 4.25. The van der Waals surface area contributed by atoms with E-state index in [1.807, 2.05) is 12.1 Å². The second-order valence-corrected chi connectivity index (χ2v) is 6.43. The van der Waals surface area contributed by atoms with Gasteiger partial charge in [-0.15, -0.1) is 24.0 Å². The largest absolute Gasteiger partial charge is 0.454 e. The molecule has 2 aliphatic heterocycles. The van der Waals surface area contributed by atoms with E-state index >= 15 is 0 Å². The quantitative estimate of drug-likeness (QED) is 0.239. The van der Waals surface area contributed by atoms with Gasteiger partial charge in [-0.2, -0.15) is 0 Å². The minimum atomic E-state index is 0. The number of halogens is 1. The van der Waals surface area contributed by atoms with Crippen molar-refractivity contribution in [1.82, 2.24) is 10.6 Å². The molecule has 2 N–H and O–H groups in total. The summed E-state index contributed by atoms with van der Waals surface area (Å²) in [5.41, 5.74) is 1.21. The lowest BCUT2D eigenvalue weighted by atomic mass is 10.1. The van der Waals surface area contributed by atoms with Crippen LogP contribution < -0.4 is 20.1 Å². The second kappa shape index (κ2) is 12.2. The molecule has 0 saturated carbocycles. The summed E-state index contributed by atoms with van der Waals surface area (Å²) in [6, 6.07) is 6.06. The van der Waals surface area contributed by atoms with Crippen molar-refractivity contribution in [2.75, 3.05) is 46.8 Å². The van der Waals surface area contributed by atoms with Crippen LogP contribution in [0.25, 0.3) is 0 Å². The summed E-state index contributed by atoms with van der Waals surface area (Å²) in [6.45, 7) is 4.27. The van der Waals surface area contributed by atoms with Crippen LogP contribution in [-0.4, -0.2) is 58.8 Å². The molecule has 152 valence electrons. The van der Waals surface area contributed by atoms with Crippen molar-refractivity contribution >= 4 is 29.9 Å². The molecule has 2 heterocycles. The summed E-state index contributed by atoms with van der Waals surface area (Å²) >= 11 is 0. The fourth-order valence-corrected chi connectivity index (χ4v) is 3.01. The highest BCUT2D eigenvalue weighted by Crippen LogP contribution is 2.32. The number of ether oxygens (including phenoxy) is 4. The molecule has 1 atom stereocenters. The van der Waals surface area contributed by atoms with Crippen LogP contribution in [0.1, 0.15) is 24.8 Å². The molecule has 2 aliphatic rings. The first kappa shape index (κ1) is 22.0. The first-order valence-electron chi connectivity index (χ1n) is 9.37. The molecule has 8 heteroatoms. The Hall–Kier alpha value is -1.26. The zero-order chi connectivity index (χ0) is 18.0. The molecule has 27 heavy (non-hydrogen) atoms. The molecule has 0 amide bonds. The maximum atomic E-state index is 5.66. The van der Waals surface area contributed by atoms with Gasteiger partial charge in [0.05, 0.1) is 12.7 Å². The highest BCUT2D eigenvalue weighted by Gasteiger charge is 2.15. The van der Waals surface area contributed by atoms with Crippen LogP contribution in [-0.2, 0) is 15.9 Å². The van der Waals surface area contributed by atoms with E-state index in [0.717, 1.165) is 69.4 Å². The van der Waals surface area contributed by atoms with Crippen molar-refractivity contribution < 1.29 is 18.9 Å². The summed E-state index contributed by atoms with van der Waals surface area (Å²) in [6.07, 6.45) is 4.41. The van der Waals surface area contributed by atoms with Gasteiger partial charge in [0, 0.05) is 33.4 Å². The van der Waals surface area contributed by atoms with Crippen LogP contribution in [0.4, 0.5) is 0 Å². The van der Waals surface area contributed by atoms with Gasteiger partial charge >= 0.3 is 0 Å². The molecule has 7 nitrogen and oxygen atoms in total. The lowest BCUT2D eigenvalue weighted by molar-refractivity contribution is 0.0168. The first-order valence-corrected chi connectivity index (χ1v) is 9.37. The third-order valence-electron chi connectivity index (χ3n) is 4.45. The van der Waals surface area contributed by atoms with E-state index in [4.69, 9.17) is 18.9 Å². The number of rotatable bonds is 9. The van der Waals surface area contributed by atoms with Gasteiger partial charge in [-0.25, -0.2) is 0 Å². The minimum Gasteiger partial charge on any atom is -0.454 e. The fraction of sp³-hybridized carbons (Fsp3) is 0.632. The van der Waals surface area contributed by atoms with Gasteiger partial charge in [-0.1, -0.05) is 6.07 Å². The number of nitrogens with one attached hydrogen (secondary N) is 2. The maximum absolute atomic E-state index is 5.66. The Morgan fingerprint density at radius 2 is 2.07 bits per heavy atom. The predicted octanol–water partition coefficient (Wildman–Crippen LogP) is 2.33. The molecule has 1 aromatic carbocycles. The van der Waals surface area contributed by atoms with Gasteiger partial charge in [0.25, 0.3) is 0 Å². The topological polar surface area (TPSA) is 73.3 Å². The number of hydrogen-bond donors (Lipinski definition) is 2. The Morgan fingerprint density at radius 1 is 1.22 bits per heavy atom. The van der Waals surface area contributed by atoms with Crippen molar-refractivity contribution in [2.24, 2.45) is 4.99 Å². The van der Waals surface area contributed by atoms with Crippen LogP contribution in [0, 0.1) is 0 Å². The van der Waals surface area contributed by atoms with E-state index < -0.39 is 0 Å². The van der Waals surface area contributed by atoms with Gasteiger partial charge < -0.3 is 29.6 Å². The number of aliphatic imine (C=N–C) groups is 1. The highest BCUT2D eigenvalue weighted by atomic mass is 127. The highest BCUT2D eigenvalue weighted by molar-refractivity contribution is 14.0. The van der Waals surface area contributed by atoms with E-state index in [1.54, 1.807) is 7.05 Å². The Kier molecular flexibility index (Phi) is 10.00. The Bertz CT molecular complexity index is 594. The molecule has 1 aromatic rings. The molecule has 0 radical (unpaired) electrons. The lowest BCUT2D eigenvalue weighted by Gasteiger charge is -2.13. The average molecular weight is 491 g/mol. The Balaban J connectivity index is 0.00000261. The molecule has 1 unspecified atom stereocenters. The molecule has 3 rings (SSSR count). The normalized spacial score (nSPS) is 18.3. The summed E-state index contributed by atoms with van der Waals surface area (Å²) in [7, 11) is 1.78. The monoisotopic (exact) mass is 491 g/mol. The van der Waals surface area contributed by atoms with Crippen molar-refractivity contribution in [3.05, 3.63) is 23.8 Å². The molecule has 0 aromatic heterocycles. The van der Waals surface area contributed by atoms with Gasteiger partial charge in [-0.3, -0.25) is 4.99 Å². The molecule has 0 aliphatic carbocycles. The predicted molar refractivity (Wildman–Crippen MR) is 115 cm³/mol. The third kappa shape index (κ3) is 7.34. The molecular formula is C19H30IN3O4. The summed E-state index contributed by atoms with van der Waals surface area (Å²) < 4.78 is 21.9. The van der Waals surface area contributed by atoms with Crippen molar-refractivity contribution in [3.63, 3.8) is 0 Å². The molecule has 0 spiro atoms. The van der Waals surface area contributed by atoms with E-state index in [9.17, 15) is 0 Å². The number of benzene rings is 1. The molecule has 0 bridgehead atoms. The molecule has 1 fully saturated rings. The van der Waals surface area contributed by atoms with Gasteiger partial charge in [0.2, 0.25) is 6.79 Å². The van der Waals surface area contributed by atoms with E-state index in [1.165, 1.54) is 5.56 Å². The second-order valence-electron chi connectivity index (χ2n) is 6.43. The van der Waals surface area contributed by atoms with Gasteiger partial charge in [0.15, 0.2) is 17.5 Å². The Labute approximate surface area is 178 Å². The van der Waals surface area contributed by atoms with Gasteiger partial charge in [0.1, 0.15) is 0 Å². The fourth-order valence-electron chi connectivity index (χ4n) is 3.01. The van der Waals surface area contributed by atoms with Crippen LogP contribution in [0.15, 0.2) is 23.2 Å². The smallest absolute Gasteiger partial charge is 0.231 e. The molecule has 1 saturated heterocycles. The van der Waals surface area contributed by atoms with E-state index in [-0.39, 0.29) is 24.0 Å². The lowest BCUT2D eigenvalue weighted by Crippen LogP contribution is -2.39. The zero-order valence-electron chi connectivity index (χ0n) is 15.9. The van der Waals surface area contributed by atoms with Crippen LogP contribution in [0.5, 0.6) is 11.5 Å². The average Bonchev–Trinajstić information content (AvgIpc) is 3.34. The van der Waals surface area contributed by atoms with Gasteiger partial charge in [-0.05, 0) is 43.4 Å². The number of hydrogen-bond acceptors (Lipinski definition) is 5. The van der Waals surface area contributed by atoms with Crippen LogP contribution in [0.2, 0.25) is 0 Å². The van der Waals surface area contributed by atoms with Crippen molar-refractivity contribution in [1.29, 1.82) is 0 Å². The van der Waals surface area contributed by atoms with Crippen molar-refractivity contribution in [3.8, 4) is 11.5 Å². The standard InChI is InChI=1S/C19H29N3O4.HI/c1-20-19(21-8-3-10-23-13-16-4-2-11-24-16)22-9-7-15-5-6-17-18(12-15)26-14-25-17;/h5-6,12,16H,2-4,7-11,13-14H2,1H3,(H2,20,21,22);1H. The van der Waals surface area contributed by atoms with E-state index in [0.29, 0.717) is 19.5 Å². The van der Waals surface area contributed by atoms with Crippen molar-refractivity contribution in [2.45, 2.75) is 31.8 Å². The number of guanidine groups is 1. The SMILES string of the molecule is CN=C(NCCCOCC1CCCO1)NCCc1ccc2c(c1)OCO2.I. The first-order chi connectivity index (χ1) is 12.8. The summed E-state index contributed by atoms with van der Waals surface area (Å²) in [5.74, 6) is 2.46. The zero-order valence-corrected chi connectivity index (χ0v) is 18.2. The third-order valence-corrected chi connectivity index (χ3v) is 4.45. The Morgan fingerprint density at radius 3 is 2.89 bits per heavy atom. The number of nitrogens with zero attached hydrogens (tertiary/aromatic N) is 1. The van der Waals surface area contributed by atoms with E-state index in [2.05, 4.69) is 21.7 Å². The van der Waals surface area contributed by atoms with Crippen LogP contribution >= 0.6 is 24.0 Å². The minimum absolute atomic E-state index is 0. The maximum Gasteiger partial charge on any atom is 0.231 e. The van der Waals surface area contributed by atoms with Crippen LogP contribution in [0.3, 0.4) is 0 Å².